The largest absolute Gasteiger partial charge is 0.385 e. The van der Waals surface area contributed by atoms with E-state index in [9.17, 15) is 4.79 Å². The number of aromatic nitrogens is 1. The number of aryl methyl sites for hydroxylation is 1. The van der Waals surface area contributed by atoms with Crippen molar-refractivity contribution in [3.05, 3.63) is 75.4 Å². The van der Waals surface area contributed by atoms with Gasteiger partial charge in [0.05, 0.1) is 18.3 Å². The van der Waals surface area contributed by atoms with Gasteiger partial charge in [0.1, 0.15) is 5.00 Å². The number of rotatable bonds is 6. The van der Waals surface area contributed by atoms with Gasteiger partial charge in [0.2, 0.25) is 0 Å². The van der Waals surface area contributed by atoms with Crippen LogP contribution in [0.2, 0.25) is 0 Å². The first kappa shape index (κ1) is 23.2. The summed E-state index contributed by atoms with van der Waals surface area (Å²) >= 11 is 1.93. The summed E-state index contributed by atoms with van der Waals surface area (Å²) in [4.78, 5) is 17.2. The molecule has 0 unspecified atom stereocenters. The topological polar surface area (TPSA) is 46.5 Å². The Morgan fingerprint density at radius 3 is 2.71 bits per heavy atom. The molecular weight excluding hydrogens is 442 g/mol. The molecule has 0 radical (unpaired) electrons. The maximum absolute atomic E-state index is 13.7. The van der Waals surface area contributed by atoms with Gasteiger partial charge in [-0.15, -0.1) is 11.3 Å². The highest BCUT2D eigenvalue weighted by atomic mass is 32.1. The van der Waals surface area contributed by atoms with Crippen LogP contribution in [-0.4, -0.2) is 35.8 Å². The average molecular weight is 478 g/mol. The molecule has 0 fully saturated rings. The Morgan fingerprint density at radius 2 is 1.94 bits per heavy atom. The zero-order valence-corrected chi connectivity index (χ0v) is 21.3. The Hall–Kier alpha value is -2.57. The molecule has 1 aromatic carbocycles. The van der Waals surface area contributed by atoms with Gasteiger partial charge in [0.25, 0.3) is 0 Å². The normalized spacial score (nSPS) is 17.2. The number of methoxy groups -OCH3 is 1. The maximum atomic E-state index is 13.7. The van der Waals surface area contributed by atoms with Gasteiger partial charge in [-0.1, -0.05) is 38.1 Å². The van der Waals surface area contributed by atoms with Crippen LogP contribution >= 0.6 is 11.3 Å². The van der Waals surface area contributed by atoms with E-state index in [0.29, 0.717) is 25.6 Å². The van der Waals surface area contributed by atoms with Crippen molar-refractivity contribution in [1.29, 1.82) is 0 Å². The molecule has 5 nitrogen and oxygen atoms in total. The number of nitrogens with zero attached hydrogens (tertiary/aromatic N) is 2. The van der Waals surface area contributed by atoms with Crippen molar-refractivity contribution in [3.63, 3.8) is 0 Å². The van der Waals surface area contributed by atoms with Crippen LogP contribution in [0.1, 0.15) is 77.9 Å². The van der Waals surface area contributed by atoms with Crippen LogP contribution in [0.3, 0.4) is 0 Å². The zero-order valence-electron chi connectivity index (χ0n) is 20.5. The first-order chi connectivity index (χ1) is 16.6. The molecule has 0 saturated heterocycles. The Balaban J connectivity index is 1.58. The van der Waals surface area contributed by atoms with Gasteiger partial charge in [-0.25, -0.2) is 4.79 Å². The Bertz CT molecular complexity index is 1150. The van der Waals surface area contributed by atoms with E-state index in [-0.39, 0.29) is 12.1 Å². The fraction of sp³-hybridized carbons (Fsp3) is 0.464. The number of carbonyl (C=O) groups is 1. The molecule has 6 heteroatoms. The molecule has 1 aliphatic carbocycles. The van der Waals surface area contributed by atoms with Crippen molar-refractivity contribution >= 4 is 17.4 Å². The minimum absolute atomic E-state index is 0.00889. The summed E-state index contributed by atoms with van der Waals surface area (Å²) in [5, 5.41) is 4.47. The van der Waals surface area contributed by atoms with E-state index in [0.717, 1.165) is 30.5 Å². The highest BCUT2D eigenvalue weighted by Gasteiger charge is 2.35. The molecule has 0 spiro atoms. The lowest BCUT2D eigenvalue weighted by Gasteiger charge is -2.31. The summed E-state index contributed by atoms with van der Waals surface area (Å²) in [7, 11) is 1.70. The molecule has 2 aromatic heterocycles. The predicted octanol–water partition coefficient (Wildman–Crippen LogP) is 6.19. The van der Waals surface area contributed by atoms with Crippen LogP contribution in [0.15, 0.2) is 42.6 Å². The molecule has 1 atom stereocenters. The van der Waals surface area contributed by atoms with E-state index in [1.807, 2.05) is 11.3 Å². The number of amides is 2. The lowest BCUT2D eigenvalue weighted by atomic mass is 9.94. The number of thiophene rings is 1. The summed E-state index contributed by atoms with van der Waals surface area (Å²) < 4.78 is 7.52. The Kier molecular flexibility index (Phi) is 6.79. The van der Waals surface area contributed by atoms with Gasteiger partial charge in [0.15, 0.2) is 0 Å². The predicted molar refractivity (Wildman–Crippen MR) is 138 cm³/mol. The standard InChI is InChI=1S/C28H35N3O2S/c1-19(2)20-11-13-21(14-12-20)26-24-9-6-16-30(24)27-23(22-8-4-5-10-25(22)34-27)18-31(26)28(32)29-15-7-17-33-3/h6,9,11-14,16,19,26H,4-5,7-8,10,15,17-18H2,1-3H3,(H,29,32)/t26-/m0/s1. The summed E-state index contributed by atoms with van der Waals surface area (Å²) in [6.45, 7) is 6.32. The van der Waals surface area contributed by atoms with Gasteiger partial charge in [-0.3, -0.25) is 0 Å². The number of fused-ring (bicyclic) bond motifs is 5. The maximum Gasteiger partial charge on any atom is 0.318 e. The van der Waals surface area contributed by atoms with Gasteiger partial charge in [-0.2, -0.15) is 0 Å². The van der Waals surface area contributed by atoms with E-state index in [2.05, 4.69) is 71.2 Å². The molecule has 180 valence electrons. The number of carbonyl (C=O) groups excluding carboxylic acids is 1. The van der Waals surface area contributed by atoms with Crippen LogP contribution in [0, 0.1) is 0 Å². The summed E-state index contributed by atoms with van der Waals surface area (Å²) in [5.41, 5.74) is 6.45. The van der Waals surface area contributed by atoms with Crippen LogP contribution in [0.5, 0.6) is 0 Å². The molecule has 3 heterocycles. The molecule has 0 bridgehead atoms. The number of nitrogens with one attached hydrogen (secondary N) is 1. The van der Waals surface area contributed by atoms with E-state index < -0.39 is 0 Å². The lowest BCUT2D eigenvalue weighted by Crippen LogP contribution is -2.42. The molecule has 34 heavy (non-hydrogen) atoms. The molecule has 5 rings (SSSR count). The quantitative estimate of drug-likeness (QED) is 0.430. The highest BCUT2D eigenvalue weighted by molar-refractivity contribution is 7.15. The number of hydrogen-bond donors (Lipinski definition) is 1. The van der Waals surface area contributed by atoms with E-state index in [4.69, 9.17) is 4.74 Å². The molecule has 0 saturated carbocycles. The highest BCUT2D eigenvalue weighted by Crippen LogP contribution is 2.44. The van der Waals surface area contributed by atoms with Crippen LogP contribution in [0.25, 0.3) is 5.00 Å². The summed E-state index contributed by atoms with van der Waals surface area (Å²) in [6, 6.07) is 13.0. The van der Waals surface area contributed by atoms with E-state index >= 15 is 0 Å². The fourth-order valence-electron chi connectivity index (χ4n) is 5.31. The second-order valence-electron chi connectivity index (χ2n) is 9.73. The molecule has 1 N–H and O–H groups in total. The first-order valence-electron chi connectivity index (χ1n) is 12.5. The lowest BCUT2D eigenvalue weighted by molar-refractivity contribution is 0.174. The first-order valence-corrected chi connectivity index (χ1v) is 13.3. The average Bonchev–Trinajstić information content (AvgIpc) is 3.43. The molecule has 1 aliphatic heterocycles. The second-order valence-corrected chi connectivity index (χ2v) is 10.8. The van der Waals surface area contributed by atoms with Gasteiger partial charge in [-0.05, 0) is 66.8 Å². The van der Waals surface area contributed by atoms with Crippen molar-refractivity contribution in [1.82, 2.24) is 14.8 Å². The van der Waals surface area contributed by atoms with E-state index in [1.165, 1.54) is 39.4 Å². The Labute approximate surface area is 206 Å². The van der Waals surface area contributed by atoms with Crippen molar-refractivity contribution in [2.24, 2.45) is 0 Å². The molecule has 3 aromatic rings. The smallest absolute Gasteiger partial charge is 0.318 e. The van der Waals surface area contributed by atoms with Crippen LogP contribution in [-0.2, 0) is 24.1 Å². The summed E-state index contributed by atoms with van der Waals surface area (Å²) in [6.07, 6.45) is 7.75. The minimum atomic E-state index is -0.141. The van der Waals surface area contributed by atoms with Crippen LogP contribution in [0.4, 0.5) is 4.79 Å². The number of ether oxygens (including phenoxy) is 1. The number of benzene rings is 1. The van der Waals surface area contributed by atoms with Crippen LogP contribution < -0.4 is 5.32 Å². The van der Waals surface area contributed by atoms with Gasteiger partial charge in [0, 0.05) is 36.9 Å². The third-order valence-corrected chi connectivity index (χ3v) is 8.49. The molecule has 2 aliphatic rings. The van der Waals surface area contributed by atoms with Gasteiger partial charge >= 0.3 is 6.03 Å². The number of urea groups is 1. The Morgan fingerprint density at radius 1 is 1.15 bits per heavy atom. The van der Waals surface area contributed by atoms with Crippen molar-refractivity contribution in [3.8, 4) is 5.00 Å². The van der Waals surface area contributed by atoms with Crippen molar-refractivity contribution in [2.45, 2.75) is 64.5 Å². The summed E-state index contributed by atoms with van der Waals surface area (Å²) in [5.74, 6) is 0.478. The molecule has 2 amide bonds. The van der Waals surface area contributed by atoms with Crippen molar-refractivity contribution in [2.75, 3.05) is 20.3 Å². The molecular formula is C28H35N3O2S. The fourth-order valence-corrected chi connectivity index (χ4v) is 6.72. The zero-order chi connectivity index (χ0) is 23.7. The van der Waals surface area contributed by atoms with E-state index in [1.54, 1.807) is 7.11 Å². The van der Waals surface area contributed by atoms with Gasteiger partial charge < -0.3 is 19.5 Å². The third-order valence-electron chi connectivity index (χ3n) is 7.16. The monoisotopic (exact) mass is 477 g/mol. The minimum Gasteiger partial charge on any atom is -0.385 e. The third kappa shape index (κ3) is 4.29. The SMILES string of the molecule is COCCCNC(=O)N1Cc2c(sc3c2CCCC3)-n2cccc2[C@@H]1c1ccc(C(C)C)cc1. The second kappa shape index (κ2) is 9.96. The van der Waals surface area contributed by atoms with Crippen molar-refractivity contribution < 1.29 is 9.53 Å². The number of hydrogen-bond acceptors (Lipinski definition) is 3.